The molecule has 0 radical (unpaired) electrons. The van der Waals surface area contributed by atoms with Gasteiger partial charge < -0.3 is 9.64 Å². The van der Waals surface area contributed by atoms with Gasteiger partial charge in [-0.1, -0.05) is 30.3 Å². The fourth-order valence-corrected chi connectivity index (χ4v) is 5.97. The molecule has 29 heavy (non-hydrogen) atoms. The lowest BCUT2D eigenvalue weighted by Crippen LogP contribution is -2.31. The molecular weight excluding hydrogens is 388 g/mol. The third-order valence-electron chi connectivity index (χ3n) is 5.79. The van der Waals surface area contributed by atoms with Gasteiger partial charge in [0.2, 0.25) is 10.0 Å². The predicted octanol–water partition coefficient (Wildman–Crippen LogP) is 3.46. The van der Waals surface area contributed by atoms with Crippen LogP contribution < -0.4 is 4.74 Å². The number of hydrogen-bond donors (Lipinski definition) is 0. The summed E-state index contributed by atoms with van der Waals surface area (Å²) in [5.41, 5.74) is 1.49. The first kappa shape index (κ1) is 19.9. The van der Waals surface area contributed by atoms with Gasteiger partial charge in [-0.15, -0.1) is 0 Å². The Hall–Kier alpha value is -2.38. The molecule has 0 saturated carbocycles. The van der Waals surface area contributed by atoms with Gasteiger partial charge in [-0.25, -0.2) is 8.42 Å². The zero-order chi connectivity index (χ0) is 20.4. The van der Waals surface area contributed by atoms with Gasteiger partial charge >= 0.3 is 0 Å². The average Bonchev–Trinajstić information content (AvgIpc) is 3.46. The molecule has 2 aliphatic rings. The van der Waals surface area contributed by atoms with Crippen molar-refractivity contribution in [3.05, 3.63) is 59.7 Å². The van der Waals surface area contributed by atoms with Crippen LogP contribution >= 0.6 is 0 Å². The Morgan fingerprint density at radius 2 is 1.72 bits per heavy atom. The minimum atomic E-state index is -3.69. The number of nitrogens with zero attached hydrogens (tertiary/aromatic N) is 2. The summed E-state index contributed by atoms with van der Waals surface area (Å²) in [5, 5.41) is 0. The van der Waals surface area contributed by atoms with E-state index < -0.39 is 10.0 Å². The van der Waals surface area contributed by atoms with E-state index in [9.17, 15) is 13.2 Å². The van der Waals surface area contributed by atoms with Gasteiger partial charge in [-0.05, 0) is 49.4 Å². The van der Waals surface area contributed by atoms with Crippen LogP contribution in [0.3, 0.4) is 0 Å². The molecule has 2 aromatic rings. The number of hydrogen-bond acceptors (Lipinski definition) is 4. The summed E-state index contributed by atoms with van der Waals surface area (Å²) in [5.74, 6) is 0.131. The van der Waals surface area contributed by atoms with Crippen LogP contribution in [0.25, 0.3) is 0 Å². The lowest BCUT2D eigenvalue weighted by atomic mass is 10.0. The van der Waals surface area contributed by atoms with E-state index in [2.05, 4.69) is 0 Å². The van der Waals surface area contributed by atoms with Crippen molar-refractivity contribution < 1.29 is 17.9 Å². The first-order valence-corrected chi connectivity index (χ1v) is 11.5. The van der Waals surface area contributed by atoms with E-state index in [1.807, 2.05) is 35.2 Å². The standard InChI is InChI=1S/C22H26N2O4S/c1-28-20-12-11-18(16-21(20)29(26,27)23-13-5-6-14-23)22(25)24-15-7-10-19(24)17-8-3-2-4-9-17/h2-4,8-9,11-12,16,19H,5-7,10,13-15H2,1H3. The van der Waals surface area contributed by atoms with Crippen molar-refractivity contribution in [3.63, 3.8) is 0 Å². The van der Waals surface area contributed by atoms with Crippen molar-refractivity contribution in [2.45, 2.75) is 36.6 Å². The molecule has 4 rings (SSSR count). The molecule has 0 aliphatic carbocycles. The summed E-state index contributed by atoms with van der Waals surface area (Å²) in [4.78, 5) is 15.2. The van der Waals surface area contributed by atoms with Crippen LogP contribution in [0, 0.1) is 0 Å². The molecule has 2 heterocycles. The van der Waals surface area contributed by atoms with E-state index in [0.29, 0.717) is 25.2 Å². The maximum Gasteiger partial charge on any atom is 0.254 e. The highest BCUT2D eigenvalue weighted by atomic mass is 32.2. The second-order valence-corrected chi connectivity index (χ2v) is 9.45. The van der Waals surface area contributed by atoms with E-state index in [4.69, 9.17) is 4.74 Å². The van der Waals surface area contributed by atoms with Gasteiger partial charge in [0.05, 0.1) is 13.2 Å². The molecule has 0 N–H and O–H groups in total. The van der Waals surface area contributed by atoms with Crippen molar-refractivity contribution in [3.8, 4) is 5.75 Å². The smallest absolute Gasteiger partial charge is 0.254 e. The molecule has 2 aromatic carbocycles. The number of amides is 1. The number of likely N-dealkylation sites (tertiary alicyclic amines) is 1. The van der Waals surface area contributed by atoms with E-state index >= 15 is 0 Å². The van der Waals surface area contributed by atoms with E-state index in [0.717, 1.165) is 31.2 Å². The Morgan fingerprint density at radius 3 is 2.41 bits per heavy atom. The molecule has 2 fully saturated rings. The van der Waals surface area contributed by atoms with Gasteiger partial charge in [0.1, 0.15) is 10.6 Å². The predicted molar refractivity (Wildman–Crippen MR) is 110 cm³/mol. The first-order chi connectivity index (χ1) is 14.0. The quantitative estimate of drug-likeness (QED) is 0.752. The summed E-state index contributed by atoms with van der Waals surface area (Å²) < 4.78 is 33.0. The Bertz CT molecular complexity index is 985. The monoisotopic (exact) mass is 414 g/mol. The highest BCUT2D eigenvalue weighted by molar-refractivity contribution is 7.89. The molecule has 0 aromatic heterocycles. The van der Waals surface area contributed by atoms with Gasteiger partial charge in [0, 0.05) is 25.2 Å². The van der Waals surface area contributed by atoms with Crippen LogP contribution in [-0.4, -0.2) is 50.3 Å². The van der Waals surface area contributed by atoms with Crippen molar-refractivity contribution >= 4 is 15.9 Å². The molecule has 0 spiro atoms. The largest absolute Gasteiger partial charge is 0.495 e. The van der Waals surface area contributed by atoms with Crippen molar-refractivity contribution in [1.29, 1.82) is 0 Å². The minimum absolute atomic E-state index is 0.0180. The second kappa shape index (κ2) is 8.16. The third-order valence-corrected chi connectivity index (χ3v) is 7.71. The number of sulfonamides is 1. The van der Waals surface area contributed by atoms with Crippen LogP contribution in [-0.2, 0) is 10.0 Å². The molecule has 7 heteroatoms. The SMILES string of the molecule is COc1ccc(C(=O)N2CCCC2c2ccccc2)cc1S(=O)(=O)N1CCCC1. The summed E-state index contributed by atoms with van der Waals surface area (Å²) in [7, 11) is -2.24. The zero-order valence-electron chi connectivity index (χ0n) is 16.6. The molecule has 2 aliphatic heterocycles. The third kappa shape index (κ3) is 3.76. The summed E-state index contributed by atoms with van der Waals surface area (Å²) >= 11 is 0. The number of carbonyl (C=O) groups is 1. The van der Waals surface area contributed by atoms with Crippen LogP contribution in [0.4, 0.5) is 0 Å². The normalized spacial score (nSPS) is 20.2. The van der Waals surface area contributed by atoms with Crippen molar-refractivity contribution in [2.75, 3.05) is 26.7 Å². The number of benzene rings is 2. The Kier molecular flexibility index (Phi) is 5.61. The zero-order valence-corrected chi connectivity index (χ0v) is 17.4. The molecule has 1 amide bonds. The summed E-state index contributed by atoms with van der Waals surface area (Å²) in [6.45, 7) is 1.68. The van der Waals surface area contributed by atoms with E-state index in [1.54, 1.807) is 12.1 Å². The van der Waals surface area contributed by atoms with E-state index in [-0.39, 0.29) is 22.6 Å². The average molecular weight is 415 g/mol. The van der Waals surface area contributed by atoms with Crippen molar-refractivity contribution in [2.24, 2.45) is 0 Å². The molecule has 0 bridgehead atoms. The van der Waals surface area contributed by atoms with Gasteiger partial charge in [-0.3, -0.25) is 4.79 Å². The molecule has 154 valence electrons. The molecular formula is C22H26N2O4S. The maximum atomic E-state index is 13.3. The topological polar surface area (TPSA) is 66.9 Å². The van der Waals surface area contributed by atoms with Crippen LogP contribution in [0.15, 0.2) is 53.4 Å². The Morgan fingerprint density at radius 1 is 1.00 bits per heavy atom. The molecule has 2 saturated heterocycles. The Labute approximate surface area is 172 Å². The summed E-state index contributed by atoms with van der Waals surface area (Å²) in [6.07, 6.45) is 3.55. The van der Waals surface area contributed by atoms with Gasteiger partial charge in [0.15, 0.2) is 0 Å². The second-order valence-electron chi connectivity index (χ2n) is 7.54. The fraction of sp³-hybridized carbons (Fsp3) is 0.409. The molecule has 1 unspecified atom stereocenters. The molecule has 1 atom stereocenters. The maximum absolute atomic E-state index is 13.3. The van der Waals surface area contributed by atoms with Crippen LogP contribution in [0.5, 0.6) is 5.75 Å². The van der Waals surface area contributed by atoms with Gasteiger partial charge in [-0.2, -0.15) is 4.31 Å². The fourth-order valence-electron chi connectivity index (χ4n) is 4.28. The summed E-state index contributed by atoms with van der Waals surface area (Å²) in [6, 6.07) is 14.7. The number of rotatable bonds is 5. The van der Waals surface area contributed by atoms with Crippen LogP contribution in [0.1, 0.15) is 47.6 Å². The highest BCUT2D eigenvalue weighted by Crippen LogP contribution is 2.35. The van der Waals surface area contributed by atoms with Crippen molar-refractivity contribution in [1.82, 2.24) is 9.21 Å². The first-order valence-electron chi connectivity index (χ1n) is 10.1. The highest BCUT2D eigenvalue weighted by Gasteiger charge is 2.33. The lowest BCUT2D eigenvalue weighted by Gasteiger charge is -2.26. The van der Waals surface area contributed by atoms with Gasteiger partial charge in [0.25, 0.3) is 5.91 Å². The number of carbonyl (C=O) groups excluding carboxylic acids is 1. The lowest BCUT2D eigenvalue weighted by molar-refractivity contribution is 0.0735. The van der Waals surface area contributed by atoms with E-state index in [1.165, 1.54) is 17.5 Å². The molecule has 6 nitrogen and oxygen atoms in total. The van der Waals surface area contributed by atoms with Crippen LogP contribution in [0.2, 0.25) is 0 Å². The minimum Gasteiger partial charge on any atom is -0.495 e. The number of ether oxygens (including phenoxy) is 1. The number of methoxy groups -OCH3 is 1. The Balaban J connectivity index is 1.67.